The van der Waals surface area contributed by atoms with Crippen LogP contribution in [0.25, 0.3) is 11.3 Å². The van der Waals surface area contributed by atoms with Gasteiger partial charge in [0.2, 0.25) is 0 Å². The van der Waals surface area contributed by atoms with Gasteiger partial charge in [0.15, 0.2) is 0 Å². The lowest BCUT2D eigenvalue weighted by Gasteiger charge is -2.06. The summed E-state index contributed by atoms with van der Waals surface area (Å²) in [6.45, 7) is 0. The molecular weight excluding hydrogens is 254 g/mol. The molecule has 2 rings (SSSR count). The van der Waals surface area contributed by atoms with E-state index in [9.17, 15) is 9.90 Å². The lowest BCUT2D eigenvalue weighted by molar-refractivity contribution is 0.0600. The first-order chi connectivity index (χ1) is 8.61. The molecule has 1 N–H and O–H groups in total. The van der Waals surface area contributed by atoms with Gasteiger partial charge < -0.3 is 9.84 Å². The van der Waals surface area contributed by atoms with Crippen LogP contribution in [0.5, 0.6) is 5.75 Å². The zero-order valence-corrected chi connectivity index (χ0v) is 10.3. The molecule has 0 atom stereocenters. The van der Waals surface area contributed by atoms with Crippen molar-refractivity contribution in [1.29, 1.82) is 0 Å². The Morgan fingerprint density at radius 3 is 2.72 bits per heavy atom. The molecule has 0 spiro atoms. The summed E-state index contributed by atoms with van der Waals surface area (Å²) >= 11 is 5.85. The Morgan fingerprint density at radius 2 is 2.06 bits per heavy atom. The molecule has 1 heterocycles. The number of carbonyl (C=O) groups is 1. The van der Waals surface area contributed by atoms with Gasteiger partial charge in [-0.25, -0.2) is 9.78 Å². The molecule has 0 saturated carbocycles. The van der Waals surface area contributed by atoms with Crippen molar-refractivity contribution in [1.82, 2.24) is 4.98 Å². The normalized spacial score (nSPS) is 10.1. The number of phenols is 1. The Balaban J connectivity index is 2.55. The second-order valence-corrected chi connectivity index (χ2v) is 3.96. The summed E-state index contributed by atoms with van der Waals surface area (Å²) in [7, 11) is 1.29. The van der Waals surface area contributed by atoms with Crippen LogP contribution < -0.4 is 0 Å². The standard InChI is InChI=1S/C13H10ClNO3/c1-18-13(17)8-6-10(15-12(14)7-8)9-4-2-3-5-11(9)16/h2-7,16H,1H3. The van der Waals surface area contributed by atoms with Crippen molar-refractivity contribution in [3.63, 3.8) is 0 Å². The van der Waals surface area contributed by atoms with Gasteiger partial charge in [-0.15, -0.1) is 0 Å². The van der Waals surface area contributed by atoms with Crippen LogP contribution in [0.15, 0.2) is 36.4 Å². The third-order valence-electron chi connectivity index (χ3n) is 2.40. The van der Waals surface area contributed by atoms with Crippen LogP contribution in [0.4, 0.5) is 0 Å². The number of hydrogen-bond acceptors (Lipinski definition) is 4. The zero-order chi connectivity index (χ0) is 13.1. The Morgan fingerprint density at radius 1 is 1.33 bits per heavy atom. The van der Waals surface area contributed by atoms with E-state index in [1.54, 1.807) is 18.2 Å². The van der Waals surface area contributed by atoms with Crippen LogP contribution in [0.3, 0.4) is 0 Å². The maximum Gasteiger partial charge on any atom is 0.338 e. The number of pyridine rings is 1. The third-order valence-corrected chi connectivity index (χ3v) is 2.59. The quantitative estimate of drug-likeness (QED) is 0.669. The number of methoxy groups -OCH3 is 1. The number of ether oxygens (including phenoxy) is 1. The van der Waals surface area contributed by atoms with E-state index in [1.807, 2.05) is 0 Å². The highest BCUT2D eigenvalue weighted by Crippen LogP contribution is 2.29. The Kier molecular flexibility index (Phi) is 3.48. The van der Waals surface area contributed by atoms with Crippen LogP contribution in [-0.2, 0) is 4.74 Å². The van der Waals surface area contributed by atoms with Gasteiger partial charge in [0.05, 0.1) is 18.4 Å². The molecule has 1 aromatic heterocycles. The van der Waals surface area contributed by atoms with Gasteiger partial charge in [-0.2, -0.15) is 0 Å². The summed E-state index contributed by atoms with van der Waals surface area (Å²) in [6, 6.07) is 9.62. The predicted octanol–water partition coefficient (Wildman–Crippen LogP) is 2.89. The molecule has 5 heteroatoms. The number of halogens is 1. The van der Waals surface area contributed by atoms with Crippen LogP contribution in [0, 0.1) is 0 Å². The summed E-state index contributed by atoms with van der Waals surface area (Å²) in [5.74, 6) is -0.431. The maximum absolute atomic E-state index is 11.5. The molecular formula is C13H10ClNO3. The van der Waals surface area contributed by atoms with Gasteiger partial charge in [0.1, 0.15) is 10.9 Å². The third kappa shape index (κ3) is 2.43. The maximum atomic E-state index is 11.5. The number of benzene rings is 1. The van der Waals surface area contributed by atoms with Gasteiger partial charge in [0.25, 0.3) is 0 Å². The first-order valence-corrected chi connectivity index (χ1v) is 5.54. The Labute approximate surface area is 109 Å². The highest BCUT2D eigenvalue weighted by Gasteiger charge is 2.12. The van der Waals surface area contributed by atoms with E-state index in [-0.39, 0.29) is 16.5 Å². The van der Waals surface area contributed by atoms with Crippen molar-refractivity contribution in [2.45, 2.75) is 0 Å². The number of hydrogen-bond donors (Lipinski definition) is 1. The zero-order valence-electron chi connectivity index (χ0n) is 9.55. The van der Waals surface area contributed by atoms with Crippen molar-refractivity contribution < 1.29 is 14.6 Å². The van der Waals surface area contributed by atoms with Crippen molar-refractivity contribution in [2.24, 2.45) is 0 Å². The molecule has 18 heavy (non-hydrogen) atoms. The monoisotopic (exact) mass is 263 g/mol. The van der Waals surface area contributed by atoms with E-state index in [0.29, 0.717) is 11.3 Å². The minimum atomic E-state index is -0.504. The van der Waals surface area contributed by atoms with Crippen molar-refractivity contribution in [3.8, 4) is 17.0 Å². The number of nitrogens with zero attached hydrogens (tertiary/aromatic N) is 1. The topological polar surface area (TPSA) is 59.4 Å². The average Bonchev–Trinajstić information content (AvgIpc) is 2.37. The van der Waals surface area contributed by atoms with Crippen LogP contribution >= 0.6 is 11.6 Å². The van der Waals surface area contributed by atoms with E-state index in [1.165, 1.54) is 25.3 Å². The molecule has 0 fully saturated rings. The Hall–Kier alpha value is -2.07. The fraction of sp³-hybridized carbons (Fsp3) is 0.0769. The van der Waals surface area contributed by atoms with E-state index < -0.39 is 5.97 Å². The molecule has 2 aromatic rings. The molecule has 0 radical (unpaired) electrons. The lowest BCUT2D eigenvalue weighted by atomic mass is 10.1. The molecule has 0 aliphatic heterocycles. The molecule has 92 valence electrons. The van der Waals surface area contributed by atoms with Gasteiger partial charge >= 0.3 is 5.97 Å². The van der Waals surface area contributed by atoms with E-state index in [0.717, 1.165) is 0 Å². The van der Waals surface area contributed by atoms with Gasteiger partial charge in [0, 0.05) is 5.56 Å². The van der Waals surface area contributed by atoms with Crippen molar-refractivity contribution in [3.05, 3.63) is 47.1 Å². The van der Waals surface area contributed by atoms with Crippen molar-refractivity contribution in [2.75, 3.05) is 7.11 Å². The summed E-state index contributed by atoms with van der Waals surface area (Å²) in [6.07, 6.45) is 0. The second kappa shape index (κ2) is 5.06. The Bertz CT molecular complexity index is 599. The number of esters is 1. The van der Waals surface area contributed by atoms with Crippen LogP contribution in [-0.4, -0.2) is 23.2 Å². The first-order valence-electron chi connectivity index (χ1n) is 5.16. The molecule has 4 nitrogen and oxygen atoms in total. The highest BCUT2D eigenvalue weighted by molar-refractivity contribution is 6.29. The smallest absolute Gasteiger partial charge is 0.338 e. The summed E-state index contributed by atoms with van der Waals surface area (Å²) in [4.78, 5) is 15.5. The second-order valence-electron chi connectivity index (χ2n) is 3.57. The summed E-state index contributed by atoms with van der Waals surface area (Å²) in [5, 5.41) is 9.91. The lowest BCUT2D eigenvalue weighted by Crippen LogP contribution is -2.02. The van der Waals surface area contributed by atoms with Gasteiger partial charge in [-0.05, 0) is 24.3 Å². The molecule has 0 bridgehead atoms. The fourth-order valence-corrected chi connectivity index (χ4v) is 1.77. The number of para-hydroxylation sites is 1. The van der Waals surface area contributed by atoms with E-state index in [2.05, 4.69) is 9.72 Å². The predicted molar refractivity (Wildman–Crippen MR) is 67.7 cm³/mol. The first kappa shape index (κ1) is 12.4. The number of aromatic nitrogens is 1. The molecule has 0 unspecified atom stereocenters. The average molecular weight is 264 g/mol. The molecule has 1 aromatic carbocycles. The van der Waals surface area contributed by atoms with Crippen LogP contribution in [0.2, 0.25) is 5.15 Å². The van der Waals surface area contributed by atoms with Gasteiger partial charge in [-0.1, -0.05) is 23.7 Å². The van der Waals surface area contributed by atoms with Crippen LogP contribution in [0.1, 0.15) is 10.4 Å². The van der Waals surface area contributed by atoms with Gasteiger partial charge in [-0.3, -0.25) is 0 Å². The molecule has 0 aliphatic carbocycles. The summed E-state index contributed by atoms with van der Waals surface area (Å²) in [5.41, 5.74) is 1.21. The fourth-order valence-electron chi connectivity index (χ4n) is 1.56. The molecule has 0 amide bonds. The van der Waals surface area contributed by atoms with E-state index in [4.69, 9.17) is 11.6 Å². The SMILES string of the molecule is COC(=O)c1cc(Cl)nc(-c2ccccc2O)c1. The number of rotatable bonds is 2. The molecule has 0 aliphatic rings. The number of phenolic OH excluding ortho intramolecular Hbond substituents is 1. The van der Waals surface area contributed by atoms with E-state index >= 15 is 0 Å². The minimum absolute atomic E-state index is 0.0723. The summed E-state index contributed by atoms with van der Waals surface area (Å²) < 4.78 is 4.62. The minimum Gasteiger partial charge on any atom is -0.507 e. The highest BCUT2D eigenvalue weighted by atomic mass is 35.5. The molecule has 0 saturated heterocycles. The number of aromatic hydroxyl groups is 1. The number of carbonyl (C=O) groups excluding carboxylic acids is 1. The largest absolute Gasteiger partial charge is 0.507 e. The van der Waals surface area contributed by atoms with Crippen molar-refractivity contribution >= 4 is 17.6 Å².